The van der Waals surface area contributed by atoms with Crippen molar-refractivity contribution in [2.24, 2.45) is 5.73 Å². The van der Waals surface area contributed by atoms with Gasteiger partial charge in [0, 0.05) is 10.0 Å². The molecule has 0 bridgehead atoms. The first-order valence-corrected chi connectivity index (χ1v) is 6.39. The minimum Gasteiger partial charge on any atom is -0.326 e. The molecule has 16 heavy (non-hydrogen) atoms. The Bertz CT molecular complexity index is 375. The Kier molecular flexibility index (Phi) is 4.75. The van der Waals surface area contributed by atoms with Crippen LogP contribution in [-0.2, 0) is 0 Å². The van der Waals surface area contributed by atoms with Gasteiger partial charge >= 0.3 is 0 Å². The molecule has 1 aromatic carbocycles. The van der Waals surface area contributed by atoms with Gasteiger partial charge in [0.2, 0.25) is 0 Å². The third-order valence-corrected chi connectivity index (χ3v) is 2.99. The van der Waals surface area contributed by atoms with Crippen LogP contribution >= 0.6 is 15.9 Å². The van der Waals surface area contributed by atoms with E-state index in [4.69, 9.17) is 5.73 Å². The summed E-state index contributed by atoms with van der Waals surface area (Å²) in [4.78, 5) is 0. The van der Waals surface area contributed by atoms with Crippen molar-refractivity contribution in [1.82, 2.24) is 0 Å². The van der Waals surface area contributed by atoms with E-state index >= 15 is 0 Å². The molecule has 1 nitrogen and oxygen atoms in total. The minimum absolute atomic E-state index is 0.0728. The van der Waals surface area contributed by atoms with E-state index in [1.165, 1.54) is 11.1 Å². The summed E-state index contributed by atoms with van der Waals surface area (Å²) in [5.41, 5.74) is 8.42. The number of allylic oxidation sites excluding steroid dienone is 1. The number of benzene rings is 1. The van der Waals surface area contributed by atoms with Gasteiger partial charge in [-0.2, -0.15) is 0 Å². The molecule has 2 N–H and O–H groups in total. The molecule has 0 radical (unpaired) electrons. The monoisotopic (exact) mass is 281 g/mol. The van der Waals surface area contributed by atoms with Crippen LogP contribution < -0.4 is 5.73 Å². The Balaban J connectivity index is 2.59. The van der Waals surface area contributed by atoms with Crippen molar-refractivity contribution >= 4 is 22.0 Å². The van der Waals surface area contributed by atoms with Crippen LogP contribution in [0.25, 0.3) is 6.08 Å². The fourth-order valence-corrected chi connectivity index (χ4v) is 1.84. The fraction of sp³-hybridized carbons (Fsp3) is 0.429. The highest BCUT2D eigenvalue weighted by Crippen LogP contribution is 2.18. The minimum atomic E-state index is -0.0728. The molecule has 2 heteroatoms. The van der Waals surface area contributed by atoms with E-state index in [0.29, 0.717) is 0 Å². The third-order valence-electron chi connectivity index (χ3n) is 2.49. The van der Waals surface area contributed by atoms with Gasteiger partial charge in [0.15, 0.2) is 0 Å². The average molecular weight is 282 g/mol. The van der Waals surface area contributed by atoms with Crippen LogP contribution in [0.1, 0.15) is 37.8 Å². The Labute approximate surface area is 107 Å². The lowest BCUT2D eigenvalue weighted by Gasteiger charge is -2.16. The van der Waals surface area contributed by atoms with Crippen molar-refractivity contribution < 1.29 is 0 Å². The molecule has 0 aliphatic heterocycles. The maximum Gasteiger partial charge on any atom is 0.0181 e. The van der Waals surface area contributed by atoms with Gasteiger partial charge in [0.1, 0.15) is 0 Å². The van der Waals surface area contributed by atoms with Crippen LogP contribution in [-0.4, -0.2) is 5.54 Å². The predicted molar refractivity (Wildman–Crippen MR) is 75.4 cm³/mol. The molecule has 0 aliphatic carbocycles. The predicted octanol–water partition coefficient (Wildman–Crippen LogP) is 4.29. The van der Waals surface area contributed by atoms with Crippen LogP contribution in [0.5, 0.6) is 0 Å². The first kappa shape index (κ1) is 13.5. The normalized spacial score (nSPS) is 12.3. The SMILES string of the molecule is Cc1ccc(Br)cc1/C=C/CCC(C)(C)N. The van der Waals surface area contributed by atoms with Crippen molar-refractivity contribution in [3.05, 3.63) is 39.9 Å². The van der Waals surface area contributed by atoms with E-state index in [1.54, 1.807) is 0 Å². The smallest absolute Gasteiger partial charge is 0.0181 e. The first-order valence-electron chi connectivity index (χ1n) is 5.60. The van der Waals surface area contributed by atoms with Crippen LogP contribution in [0.2, 0.25) is 0 Å². The molecule has 0 saturated heterocycles. The highest BCUT2D eigenvalue weighted by molar-refractivity contribution is 9.10. The summed E-state index contributed by atoms with van der Waals surface area (Å²) in [6.45, 7) is 6.25. The largest absolute Gasteiger partial charge is 0.326 e. The lowest BCUT2D eigenvalue weighted by atomic mass is 9.99. The number of rotatable bonds is 4. The first-order chi connectivity index (χ1) is 7.38. The summed E-state index contributed by atoms with van der Waals surface area (Å²) in [6.07, 6.45) is 6.40. The zero-order valence-electron chi connectivity index (χ0n) is 10.3. The van der Waals surface area contributed by atoms with Gasteiger partial charge in [-0.15, -0.1) is 0 Å². The van der Waals surface area contributed by atoms with Crippen LogP contribution in [0.15, 0.2) is 28.7 Å². The zero-order valence-corrected chi connectivity index (χ0v) is 11.8. The Morgan fingerprint density at radius 1 is 1.38 bits per heavy atom. The lowest BCUT2D eigenvalue weighted by Crippen LogP contribution is -2.31. The molecule has 0 aromatic heterocycles. The molecule has 1 aromatic rings. The van der Waals surface area contributed by atoms with Gasteiger partial charge in [0.25, 0.3) is 0 Å². The molecular formula is C14H20BrN. The van der Waals surface area contributed by atoms with Crippen LogP contribution in [0.4, 0.5) is 0 Å². The molecular weight excluding hydrogens is 262 g/mol. The highest BCUT2D eigenvalue weighted by atomic mass is 79.9. The second kappa shape index (κ2) is 5.65. The molecule has 0 atom stereocenters. The van der Waals surface area contributed by atoms with Crippen molar-refractivity contribution in [1.29, 1.82) is 0 Å². The van der Waals surface area contributed by atoms with Crippen molar-refractivity contribution in [2.75, 3.05) is 0 Å². The number of hydrogen-bond acceptors (Lipinski definition) is 1. The molecule has 0 heterocycles. The van der Waals surface area contributed by atoms with Gasteiger partial charge in [-0.3, -0.25) is 0 Å². The van der Waals surface area contributed by atoms with Gasteiger partial charge in [-0.1, -0.05) is 34.1 Å². The van der Waals surface area contributed by atoms with E-state index in [0.717, 1.165) is 17.3 Å². The molecule has 88 valence electrons. The number of hydrogen-bond donors (Lipinski definition) is 1. The van der Waals surface area contributed by atoms with Gasteiger partial charge in [0.05, 0.1) is 0 Å². The van der Waals surface area contributed by atoms with Crippen molar-refractivity contribution in [2.45, 2.75) is 39.2 Å². The topological polar surface area (TPSA) is 26.0 Å². The summed E-state index contributed by atoms with van der Waals surface area (Å²) >= 11 is 3.48. The molecule has 0 spiro atoms. The molecule has 0 saturated carbocycles. The van der Waals surface area contributed by atoms with E-state index in [1.807, 2.05) is 0 Å². The number of nitrogens with two attached hydrogens (primary N) is 1. The van der Waals surface area contributed by atoms with Crippen LogP contribution in [0, 0.1) is 6.92 Å². The highest BCUT2D eigenvalue weighted by Gasteiger charge is 2.07. The molecule has 1 rings (SSSR count). The second-order valence-electron chi connectivity index (χ2n) is 4.93. The van der Waals surface area contributed by atoms with E-state index in [9.17, 15) is 0 Å². The number of halogens is 1. The molecule has 0 fully saturated rings. The number of aryl methyl sites for hydroxylation is 1. The molecule has 0 amide bonds. The summed E-state index contributed by atoms with van der Waals surface area (Å²) < 4.78 is 1.12. The van der Waals surface area contributed by atoms with Gasteiger partial charge in [-0.05, 0) is 56.9 Å². The molecule has 0 unspecified atom stereocenters. The zero-order chi connectivity index (χ0) is 12.2. The van der Waals surface area contributed by atoms with Gasteiger partial charge < -0.3 is 5.73 Å². The summed E-state index contributed by atoms with van der Waals surface area (Å²) in [6, 6.07) is 6.33. The molecule has 0 aliphatic rings. The van der Waals surface area contributed by atoms with Crippen LogP contribution in [0.3, 0.4) is 0 Å². The van der Waals surface area contributed by atoms with E-state index in [-0.39, 0.29) is 5.54 Å². The quantitative estimate of drug-likeness (QED) is 0.876. The summed E-state index contributed by atoms with van der Waals surface area (Å²) in [7, 11) is 0. The van der Waals surface area contributed by atoms with Gasteiger partial charge in [-0.25, -0.2) is 0 Å². The van der Waals surface area contributed by atoms with E-state index in [2.05, 4.69) is 67.1 Å². The second-order valence-corrected chi connectivity index (χ2v) is 5.85. The average Bonchev–Trinajstić information content (AvgIpc) is 2.16. The van der Waals surface area contributed by atoms with Crippen molar-refractivity contribution in [3.8, 4) is 0 Å². The standard InChI is InChI=1S/C14H20BrN/c1-11-7-8-13(15)10-12(11)6-4-5-9-14(2,3)16/h4,6-8,10H,5,9,16H2,1-3H3/b6-4+. The lowest BCUT2D eigenvalue weighted by molar-refractivity contribution is 0.482. The maximum absolute atomic E-state index is 5.93. The summed E-state index contributed by atoms with van der Waals surface area (Å²) in [5, 5.41) is 0. The van der Waals surface area contributed by atoms with Crippen molar-refractivity contribution in [3.63, 3.8) is 0 Å². The summed E-state index contributed by atoms with van der Waals surface area (Å²) in [5.74, 6) is 0. The Morgan fingerprint density at radius 2 is 2.06 bits per heavy atom. The fourth-order valence-electron chi connectivity index (χ4n) is 1.46. The maximum atomic E-state index is 5.93. The van der Waals surface area contributed by atoms with E-state index < -0.39 is 0 Å². The third kappa shape index (κ3) is 4.95. The Morgan fingerprint density at radius 3 is 2.69 bits per heavy atom. The Hall–Kier alpha value is -0.600.